The van der Waals surface area contributed by atoms with E-state index in [1.807, 2.05) is 18.2 Å². The maximum atomic E-state index is 12.2. The smallest absolute Gasteiger partial charge is 0.227 e. The van der Waals surface area contributed by atoms with Gasteiger partial charge in [-0.1, -0.05) is 21.0 Å². The average molecular weight is 346 g/mol. The topological polar surface area (TPSA) is 82.0 Å². The second kappa shape index (κ2) is 5.71. The van der Waals surface area contributed by atoms with E-state index in [9.17, 15) is 4.79 Å². The number of hydrogen-bond donors (Lipinski definition) is 0. The molecule has 2 aromatic rings. The standard InChI is InChI=1S/C14H12BrN5O/c15-12-1-2-13(11-7-17-4-3-10(11)12)20-8-9(5-14(20)21)6-18-19-16/h1-4,7,9H,5-6,8H2. The number of carbonyl (C=O) groups excluding carboxylic acids is 1. The quantitative estimate of drug-likeness (QED) is 0.483. The van der Waals surface area contributed by atoms with Crippen molar-refractivity contribution in [2.45, 2.75) is 6.42 Å². The Kier molecular flexibility index (Phi) is 3.77. The van der Waals surface area contributed by atoms with Crippen LogP contribution in [0.2, 0.25) is 0 Å². The molecule has 6 nitrogen and oxygen atoms in total. The zero-order chi connectivity index (χ0) is 14.8. The van der Waals surface area contributed by atoms with Crippen LogP contribution in [0.5, 0.6) is 0 Å². The van der Waals surface area contributed by atoms with E-state index in [4.69, 9.17) is 5.53 Å². The summed E-state index contributed by atoms with van der Waals surface area (Å²) >= 11 is 3.51. The van der Waals surface area contributed by atoms with E-state index in [1.165, 1.54) is 0 Å². The summed E-state index contributed by atoms with van der Waals surface area (Å²) < 4.78 is 0.973. The highest BCUT2D eigenvalue weighted by Crippen LogP contribution is 2.34. The summed E-state index contributed by atoms with van der Waals surface area (Å²) in [4.78, 5) is 20.9. The number of rotatable bonds is 3. The molecule has 21 heavy (non-hydrogen) atoms. The number of nitrogens with zero attached hydrogens (tertiary/aromatic N) is 5. The Bertz CT molecular complexity index is 756. The van der Waals surface area contributed by atoms with Gasteiger partial charge in [0.05, 0.1) is 5.69 Å². The van der Waals surface area contributed by atoms with Gasteiger partial charge < -0.3 is 4.90 Å². The largest absolute Gasteiger partial charge is 0.311 e. The maximum absolute atomic E-state index is 12.2. The lowest BCUT2D eigenvalue weighted by Crippen LogP contribution is -2.25. The molecule has 1 aromatic heterocycles. The first-order chi connectivity index (χ1) is 10.2. The molecule has 3 rings (SSSR count). The van der Waals surface area contributed by atoms with E-state index < -0.39 is 0 Å². The number of aromatic nitrogens is 1. The van der Waals surface area contributed by atoms with Gasteiger partial charge in [-0.15, -0.1) is 0 Å². The number of amides is 1. The number of pyridine rings is 1. The van der Waals surface area contributed by atoms with E-state index in [0.29, 0.717) is 19.5 Å². The van der Waals surface area contributed by atoms with Crippen molar-refractivity contribution < 1.29 is 4.79 Å². The van der Waals surface area contributed by atoms with Crippen LogP contribution < -0.4 is 4.90 Å². The lowest BCUT2D eigenvalue weighted by Gasteiger charge is -2.19. The van der Waals surface area contributed by atoms with Gasteiger partial charge in [-0.2, -0.15) is 0 Å². The van der Waals surface area contributed by atoms with Crippen molar-refractivity contribution in [2.24, 2.45) is 11.0 Å². The van der Waals surface area contributed by atoms with E-state index in [2.05, 4.69) is 30.9 Å². The molecule has 1 aliphatic heterocycles. The molecule has 1 fully saturated rings. The van der Waals surface area contributed by atoms with Crippen molar-refractivity contribution >= 4 is 38.3 Å². The van der Waals surface area contributed by atoms with Crippen LogP contribution in [0.15, 0.2) is 40.2 Å². The van der Waals surface area contributed by atoms with Crippen LogP contribution >= 0.6 is 15.9 Å². The van der Waals surface area contributed by atoms with Gasteiger partial charge in [0.25, 0.3) is 0 Å². The summed E-state index contributed by atoms with van der Waals surface area (Å²) in [7, 11) is 0. The first-order valence-electron chi connectivity index (χ1n) is 6.54. The van der Waals surface area contributed by atoms with E-state index >= 15 is 0 Å². The van der Waals surface area contributed by atoms with Crippen molar-refractivity contribution in [1.82, 2.24) is 4.98 Å². The molecule has 106 valence electrons. The van der Waals surface area contributed by atoms with Crippen LogP contribution in [-0.4, -0.2) is 24.0 Å². The lowest BCUT2D eigenvalue weighted by atomic mass is 10.1. The van der Waals surface area contributed by atoms with Gasteiger partial charge >= 0.3 is 0 Å². The third kappa shape index (κ3) is 2.57. The molecular formula is C14H12BrN5O. The fourth-order valence-corrected chi connectivity index (χ4v) is 3.14. The van der Waals surface area contributed by atoms with E-state index in [1.54, 1.807) is 17.3 Å². The van der Waals surface area contributed by atoms with Gasteiger partial charge in [0.2, 0.25) is 5.91 Å². The summed E-state index contributed by atoms with van der Waals surface area (Å²) in [6, 6.07) is 5.77. The van der Waals surface area contributed by atoms with Crippen molar-refractivity contribution in [1.29, 1.82) is 0 Å². The highest BCUT2D eigenvalue weighted by atomic mass is 79.9. The summed E-state index contributed by atoms with van der Waals surface area (Å²) in [6.07, 6.45) is 3.91. The summed E-state index contributed by atoms with van der Waals surface area (Å²) in [6.45, 7) is 0.926. The van der Waals surface area contributed by atoms with Gasteiger partial charge in [0.1, 0.15) is 0 Å². The van der Waals surface area contributed by atoms with Gasteiger partial charge in [-0.25, -0.2) is 0 Å². The number of fused-ring (bicyclic) bond motifs is 1. The minimum atomic E-state index is 0.0561. The predicted octanol–water partition coefficient (Wildman–Crippen LogP) is 3.66. The fraction of sp³-hybridized carbons (Fsp3) is 0.286. The Balaban J connectivity index is 1.99. The minimum Gasteiger partial charge on any atom is -0.311 e. The monoisotopic (exact) mass is 345 g/mol. The normalized spacial score (nSPS) is 18.0. The zero-order valence-electron chi connectivity index (χ0n) is 11.1. The molecule has 0 bridgehead atoms. The van der Waals surface area contributed by atoms with E-state index in [0.717, 1.165) is 20.9 Å². The fourth-order valence-electron chi connectivity index (χ4n) is 2.66. The van der Waals surface area contributed by atoms with Crippen molar-refractivity contribution in [3.05, 3.63) is 45.5 Å². The van der Waals surface area contributed by atoms with E-state index in [-0.39, 0.29) is 11.8 Å². The number of azide groups is 1. The van der Waals surface area contributed by atoms with Crippen molar-refractivity contribution in [3.63, 3.8) is 0 Å². The molecule has 1 unspecified atom stereocenters. The molecule has 2 heterocycles. The number of halogens is 1. The maximum Gasteiger partial charge on any atom is 0.227 e. The minimum absolute atomic E-state index is 0.0561. The average Bonchev–Trinajstić information content (AvgIpc) is 2.87. The highest BCUT2D eigenvalue weighted by Gasteiger charge is 2.31. The Morgan fingerprint density at radius 2 is 2.29 bits per heavy atom. The number of hydrogen-bond acceptors (Lipinski definition) is 3. The first-order valence-corrected chi connectivity index (χ1v) is 7.33. The van der Waals surface area contributed by atoms with Crippen molar-refractivity contribution in [2.75, 3.05) is 18.0 Å². The molecule has 0 N–H and O–H groups in total. The third-order valence-electron chi connectivity index (χ3n) is 3.64. The predicted molar refractivity (Wildman–Crippen MR) is 83.9 cm³/mol. The van der Waals surface area contributed by atoms with Gasteiger partial charge in [0, 0.05) is 52.1 Å². The van der Waals surface area contributed by atoms with Crippen LogP contribution in [-0.2, 0) is 4.79 Å². The lowest BCUT2D eigenvalue weighted by molar-refractivity contribution is -0.117. The van der Waals surface area contributed by atoms with Crippen LogP contribution in [0.1, 0.15) is 6.42 Å². The van der Waals surface area contributed by atoms with Crippen LogP contribution in [0.3, 0.4) is 0 Å². The Morgan fingerprint density at radius 3 is 3.10 bits per heavy atom. The zero-order valence-corrected chi connectivity index (χ0v) is 12.7. The third-order valence-corrected chi connectivity index (χ3v) is 4.33. The molecule has 1 aromatic carbocycles. The molecule has 1 amide bonds. The molecule has 0 spiro atoms. The molecule has 1 aliphatic rings. The molecule has 7 heteroatoms. The van der Waals surface area contributed by atoms with Gasteiger partial charge in [-0.3, -0.25) is 9.78 Å². The molecule has 0 radical (unpaired) electrons. The first kappa shape index (κ1) is 13.9. The summed E-state index contributed by atoms with van der Waals surface area (Å²) in [5.74, 6) is 0.129. The van der Waals surface area contributed by atoms with Gasteiger partial charge in [-0.05, 0) is 29.6 Å². The van der Waals surface area contributed by atoms with Crippen LogP contribution in [0.4, 0.5) is 5.69 Å². The molecule has 0 aliphatic carbocycles. The van der Waals surface area contributed by atoms with Crippen LogP contribution in [0, 0.1) is 5.92 Å². The van der Waals surface area contributed by atoms with Gasteiger partial charge in [0.15, 0.2) is 0 Å². The Morgan fingerprint density at radius 1 is 1.43 bits per heavy atom. The number of carbonyl (C=O) groups is 1. The van der Waals surface area contributed by atoms with Crippen molar-refractivity contribution in [3.8, 4) is 0 Å². The second-order valence-electron chi connectivity index (χ2n) is 4.98. The number of anilines is 1. The molecular weight excluding hydrogens is 334 g/mol. The summed E-state index contributed by atoms with van der Waals surface area (Å²) in [5.41, 5.74) is 9.25. The molecule has 1 atom stereocenters. The highest BCUT2D eigenvalue weighted by molar-refractivity contribution is 9.10. The second-order valence-corrected chi connectivity index (χ2v) is 5.83. The van der Waals surface area contributed by atoms with Crippen LogP contribution in [0.25, 0.3) is 21.2 Å². The Hall–Kier alpha value is -2.11. The number of benzene rings is 1. The summed E-state index contributed by atoms with van der Waals surface area (Å²) in [5, 5.41) is 5.53. The molecule has 0 saturated carbocycles. The SMILES string of the molecule is [N-]=[N+]=NCC1CC(=O)N(c2ccc(Br)c3ccncc23)C1. The Labute approximate surface area is 129 Å². The molecule has 1 saturated heterocycles.